The smallest absolute Gasteiger partial charge is 0.220 e. The van der Waals surface area contributed by atoms with Crippen molar-refractivity contribution in [1.82, 2.24) is 5.32 Å². The number of hydrogen-bond acceptors (Lipinski definition) is 2. The first-order chi connectivity index (χ1) is 5.81. The third-order valence-electron chi connectivity index (χ3n) is 1.42. The Morgan fingerprint density at radius 3 is 3.00 bits per heavy atom. The van der Waals surface area contributed by atoms with E-state index in [4.69, 9.17) is 4.74 Å². The van der Waals surface area contributed by atoms with Gasteiger partial charge in [-0.2, -0.15) is 0 Å². The molecule has 0 aliphatic rings. The standard InChI is InChI=1S/C9H17NO2/c1-3-4-7-10-9(11)6-5-8-12-2/h3H,1,4-8H2,2H3,(H,10,11). The van der Waals surface area contributed by atoms with Gasteiger partial charge in [0, 0.05) is 26.7 Å². The summed E-state index contributed by atoms with van der Waals surface area (Å²) in [4.78, 5) is 11.0. The average Bonchev–Trinajstić information content (AvgIpc) is 2.06. The van der Waals surface area contributed by atoms with E-state index in [0.29, 0.717) is 19.6 Å². The van der Waals surface area contributed by atoms with Crippen molar-refractivity contribution in [1.29, 1.82) is 0 Å². The Bertz CT molecular complexity index is 134. The summed E-state index contributed by atoms with van der Waals surface area (Å²) in [6.07, 6.45) is 3.95. The minimum atomic E-state index is 0.0916. The second-order valence-corrected chi connectivity index (χ2v) is 2.52. The van der Waals surface area contributed by atoms with Gasteiger partial charge in [0.1, 0.15) is 0 Å². The monoisotopic (exact) mass is 171 g/mol. The fraction of sp³-hybridized carbons (Fsp3) is 0.667. The highest BCUT2D eigenvalue weighted by Gasteiger charge is 1.97. The van der Waals surface area contributed by atoms with Crippen molar-refractivity contribution in [2.45, 2.75) is 19.3 Å². The Morgan fingerprint density at radius 2 is 2.42 bits per heavy atom. The third kappa shape index (κ3) is 7.28. The largest absolute Gasteiger partial charge is 0.385 e. The Morgan fingerprint density at radius 1 is 1.67 bits per heavy atom. The van der Waals surface area contributed by atoms with Crippen LogP contribution in [0.4, 0.5) is 0 Å². The molecule has 0 spiro atoms. The summed E-state index contributed by atoms with van der Waals surface area (Å²) in [5, 5.41) is 2.78. The Hall–Kier alpha value is -0.830. The molecule has 0 saturated carbocycles. The van der Waals surface area contributed by atoms with Gasteiger partial charge in [0.05, 0.1) is 0 Å². The van der Waals surface area contributed by atoms with Crippen LogP contribution in [-0.2, 0) is 9.53 Å². The molecule has 0 bridgehead atoms. The lowest BCUT2D eigenvalue weighted by Gasteiger charge is -2.02. The van der Waals surface area contributed by atoms with Gasteiger partial charge in [0.15, 0.2) is 0 Å². The second-order valence-electron chi connectivity index (χ2n) is 2.52. The van der Waals surface area contributed by atoms with E-state index in [1.807, 2.05) is 0 Å². The summed E-state index contributed by atoms with van der Waals surface area (Å²) in [6, 6.07) is 0. The summed E-state index contributed by atoms with van der Waals surface area (Å²) < 4.78 is 4.82. The molecule has 3 heteroatoms. The summed E-state index contributed by atoms with van der Waals surface area (Å²) in [7, 11) is 1.63. The van der Waals surface area contributed by atoms with E-state index in [1.165, 1.54) is 0 Å². The molecule has 0 saturated heterocycles. The van der Waals surface area contributed by atoms with Gasteiger partial charge >= 0.3 is 0 Å². The molecule has 3 nitrogen and oxygen atoms in total. The maximum Gasteiger partial charge on any atom is 0.220 e. The van der Waals surface area contributed by atoms with E-state index in [0.717, 1.165) is 12.8 Å². The SMILES string of the molecule is C=CCCNC(=O)CCCOC. The van der Waals surface area contributed by atoms with Crippen LogP contribution in [0.15, 0.2) is 12.7 Å². The minimum absolute atomic E-state index is 0.0916. The summed E-state index contributed by atoms with van der Waals surface area (Å²) in [6.45, 7) is 4.90. The topological polar surface area (TPSA) is 38.3 Å². The van der Waals surface area contributed by atoms with Crippen molar-refractivity contribution in [3.63, 3.8) is 0 Å². The van der Waals surface area contributed by atoms with Crippen LogP contribution in [-0.4, -0.2) is 26.2 Å². The van der Waals surface area contributed by atoms with Gasteiger partial charge < -0.3 is 10.1 Å². The molecule has 0 aromatic carbocycles. The molecule has 0 radical (unpaired) electrons. The fourth-order valence-corrected chi connectivity index (χ4v) is 0.779. The van der Waals surface area contributed by atoms with Crippen LogP contribution in [0.1, 0.15) is 19.3 Å². The van der Waals surface area contributed by atoms with Crippen molar-refractivity contribution in [3.05, 3.63) is 12.7 Å². The highest BCUT2D eigenvalue weighted by molar-refractivity contribution is 5.75. The maximum atomic E-state index is 11.0. The first-order valence-corrected chi connectivity index (χ1v) is 4.17. The van der Waals surface area contributed by atoms with E-state index in [2.05, 4.69) is 11.9 Å². The van der Waals surface area contributed by atoms with E-state index in [9.17, 15) is 4.79 Å². The molecule has 0 unspecified atom stereocenters. The van der Waals surface area contributed by atoms with Gasteiger partial charge in [0.25, 0.3) is 0 Å². The molecular formula is C9H17NO2. The second kappa shape index (κ2) is 8.27. The number of amides is 1. The lowest BCUT2D eigenvalue weighted by molar-refractivity contribution is -0.121. The van der Waals surface area contributed by atoms with Crippen molar-refractivity contribution < 1.29 is 9.53 Å². The van der Waals surface area contributed by atoms with Gasteiger partial charge in [0.2, 0.25) is 5.91 Å². The van der Waals surface area contributed by atoms with E-state index in [1.54, 1.807) is 13.2 Å². The number of rotatable bonds is 7. The predicted octanol–water partition coefficient (Wildman–Crippen LogP) is 1.11. The lowest BCUT2D eigenvalue weighted by Crippen LogP contribution is -2.23. The van der Waals surface area contributed by atoms with Gasteiger partial charge in [-0.3, -0.25) is 4.79 Å². The van der Waals surface area contributed by atoms with Crippen molar-refractivity contribution in [2.75, 3.05) is 20.3 Å². The lowest BCUT2D eigenvalue weighted by atomic mass is 10.3. The number of methoxy groups -OCH3 is 1. The summed E-state index contributed by atoms with van der Waals surface area (Å²) in [5.74, 6) is 0.0916. The Balaban J connectivity index is 3.15. The van der Waals surface area contributed by atoms with Crippen LogP contribution in [0.2, 0.25) is 0 Å². The van der Waals surface area contributed by atoms with E-state index >= 15 is 0 Å². The van der Waals surface area contributed by atoms with Crippen LogP contribution in [0.25, 0.3) is 0 Å². The average molecular weight is 171 g/mol. The van der Waals surface area contributed by atoms with Gasteiger partial charge in [-0.05, 0) is 12.8 Å². The number of nitrogens with one attached hydrogen (secondary N) is 1. The van der Waals surface area contributed by atoms with Crippen LogP contribution in [0.3, 0.4) is 0 Å². The molecule has 0 rings (SSSR count). The first kappa shape index (κ1) is 11.2. The van der Waals surface area contributed by atoms with E-state index < -0.39 is 0 Å². The number of carbonyl (C=O) groups excluding carboxylic acids is 1. The highest BCUT2D eigenvalue weighted by atomic mass is 16.5. The molecule has 0 atom stereocenters. The molecule has 0 aliphatic carbocycles. The molecule has 0 aromatic heterocycles. The minimum Gasteiger partial charge on any atom is -0.385 e. The molecule has 0 heterocycles. The first-order valence-electron chi connectivity index (χ1n) is 4.17. The zero-order chi connectivity index (χ0) is 9.23. The number of ether oxygens (including phenoxy) is 1. The number of hydrogen-bond donors (Lipinski definition) is 1. The van der Waals surface area contributed by atoms with E-state index in [-0.39, 0.29) is 5.91 Å². The maximum absolute atomic E-state index is 11.0. The van der Waals surface area contributed by atoms with Crippen molar-refractivity contribution in [2.24, 2.45) is 0 Å². The van der Waals surface area contributed by atoms with Crippen LogP contribution >= 0.6 is 0 Å². The van der Waals surface area contributed by atoms with Crippen molar-refractivity contribution in [3.8, 4) is 0 Å². The zero-order valence-electron chi connectivity index (χ0n) is 7.64. The van der Waals surface area contributed by atoms with Gasteiger partial charge in [-0.15, -0.1) is 6.58 Å². The Kier molecular flexibility index (Phi) is 7.70. The van der Waals surface area contributed by atoms with Crippen LogP contribution in [0, 0.1) is 0 Å². The molecule has 12 heavy (non-hydrogen) atoms. The fourth-order valence-electron chi connectivity index (χ4n) is 0.779. The quantitative estimate of drug-likeness (QED) is 0.460. The summed E-state index contributed by atoms with van der Waals surface area (Å²) in [5.41, 5.74) is 0. The molecule has 1 N–H and O–H groups in total. The molecule has 0 aromatic rings. The molecule has 0 fully saturated rings. The highest BCUT2D eigenvalue weighted by Crippen LogP contribution is 1.89. The van der Waals surface area contributed by atoms with Crippen molar-refractivity contribution >= 4 is 5.91 Å². The molecular weight excluding hydrogens is 154 g/mol. The molecule has 70 valence electrons. The Labute approximate surface area is 73.8 Å². The molecule has 0 aliphatic heterocycles. The number of carbonyl (C=O) groups is 1. The van der Waals surface area contributed by atoms with Crippen LogP contribution in [0.5, 0.6) is 0 Å². The third-order valence-corrected chi connectivity index (χ3v) is 1.42. The summed E-state index contributed by atoms with van der Waals surface area (Å²) >= 11 is 0. The zero-order valence-corrected chi connectivity index (χ0v) is 7.64. The van der Waals surface area contributed by atoms with Gasteiger partial charge in [-0.1, -0.05) is 6.08 Å². The van der Waals surface area contributed by atoms with Gasteiger partial charge in [-0.25, -0.2) is 0 Å². The molecule has 1 amide bonds. The normalized spacial score (nSPS) is 9.42. The van der Waals surface area contributed by atoms with Crippen LogP contribution < -0.4 is 5.32 Å². The predicted molar refractivity (Wildman–Crippen MR) is 48.9 cm³/mol.